The molecule has 2 aromatic carbocycles. The van der Waals surface area contributed by atoms with Crippen LogP contribution in [0, 0.1) is 0 Å². The smallest absolute Gasteiger partial charge is 0.328 e. The van der Waals surface area contributed by atoms with E-state index in [9.17, 15) is 9.59 Å². The van der Waals surface area contributed by atoms with Crippen LogP contribution in [0.5, 0.6) is 0 Å². The summed E-state index contributed by atoms with van der Waals surface area (Å²) in [5.41, 5.74) is 8.48. The summed E-state index contributed by atoms with van der Waals surface area (Å²) in [5, 5.41) is 15.6. The molecular weight excluding hydrogens is 386 g/mol. The summed E-state index contributed by atoms with van der Waals surface area (Å²) in [6.45, 7) is 2.07. The SMILES string of the molecule is CC(N)(Cc1cccc(Br)c1)c1ccccc1.O=C(O)C=CC(=O)O. The van der Waals surface area contributed by atoms with Gasteiger partial charge >= 0.3 is 11.9 Å². The number of halogens is 1. The molecule has 1 atom stereocenters. The first kappa shape index (κ1) is 20.6. The molecular formula is C19H20BrNO4. The van der Waals surface area contributed by atoms with Gasteiger partial charge < -0.3 is 15.9 Å². The van der Waals surface area contributed by atoms with Crippen molar-refractivity contribution in [1.29, 1.82) is 0 Å². The Morgan fingerprint density at radius 2 is 1.60 bits per heavy atom. The third kappa shape index (κ3) is 8.28. The van der Waals surface area contributed by atoms with E-state index in [4.69, 9.17) is 15.9 Å². The monoisotopic (exact) mass is 405 g/mol. The van der Waals surface area contributed by atoms with Crippen LogP contribution in [0.3, 0.4) is 0 Å². The van der Waals surface area contributed by atoms with Gasteiger partial charge in [0, 0.05) is 22.2 Å². The second-order valence-electron chi connectivity index (χ2n) is 5.60. The quantitative estimate of drug-likeness (QED) is 0.659. The van der Waals surface area contributed by atoms with Crippen molar-refractivity contribution in [3.05, 3.63) is 82.3 Å². The molecule has 25 heavy (non-hydrogen) atoms. The van der Waals surface area contributed by atoms with Crippen LogP contribution < -0.4 is 5.73 Å². The number of carboxylic acids is 2. The van der Waals surface area contributed by atoms with Crippen LogP contribution in [0.1, 0.15) is 18.1 Å². The lowest BCUT2D eigenvalue weighted by Gasteiger charge is -2.25. The zero-order valence-electron chi connectivity index (χ0n) is 13.7. The third-order valence-corrected chi connectivity index (χ3v) is 3.76. The molecule has 0 saturated carbocycles. The van der Waals surface area contributed by atoms with E-state index < -0.39 is 11.9 Å². The van der Waals surface area contributed by atoms with Crippen molar-refractivity contribution >= 4 is 27.9 Å². The summed E-state index contributed by atoms with van der Waals surface area (Å²) in [6.07, 6.45) is 1.95. The Morgan fingerprint density at radius 1 is 1.04 bits per heavy atom. The highest BCUT2D eigenvalue weighted by Gasteiger charge is 2.21. The van der Waals surface area contributed by atoms with Crippen LogP contribution >= 0.6 is 15.9 Å². The van der Waals surface area contributed by atoms with Crippen LogP contribution in [0.25, 0.3) is 0 Å². The molecule has 5 nitrogen and oxygen atoms in total. The molecule has 4 N–H and O–H groups in total. The minimum atomic E-state index is -1.26. The lowest BCUT2D eigenvalue weighted by atomic mass is 9.87. The molecule has 0 saturated heterocycles. The van der Waals surface area contributed by atoms with Gasteiger partial charge in [-0.25, -0.2) is 9.59 Å². The maximum Gasteiger partial charge on any atom is 0.328 e. The fourth-order valence-electron chi connectivity index (χ4n) is 2.13. The Hall–Kier alpha value is -2.44. The number of carboxylic acid groups (broad SMARTS) is 2. The second kappa shape index (κ2) is 9.76. The lowest BCUT2D eigenvalue weighted by molar-refractivity contribution is -0.134. The molecule has 0 amide bonds. The zero-order chi connectivity index (χ0) is 18.9. The van der Waals surface area contributed by atoms with Gasteiger partial charge in [-0.2, -0.15) is 0 Å². The Kier molecular flexibility index (Phi) is 8.04. The number of hydrogen-bond acceptors (Lipinski definition) is 3. The van der Waals surface area contributed by atoms with Crippen molar-refractivity contribution in [2.75, 3.05) is 0 Å². The summed E-state index contributed by atoms with van der Waals surface area (Å²) in [5.74, 6) is -2.51. The Balaban J connectivity index is 0.000000333. The average molecular weight is 406 g/mol. The van der Waals surface area contributed by atoms with Crippen LogP contribution in [-0.2, 0) is 21.5 Å². The Labute approximate surface area is 154 Å². The summed E-state index contributed by atoms with van der Waals surface area (Å²) in [6, 6.07) is 18.5. The highest BCUT2D eigenvalue weighted by Crippen LogP contribution is 2.23. The molecule has 2 rings (SSSR count). The first-order valence-electron chi connectivity index (χ1n) is 7.43. The molecule has 0 aliphatic heterocycles. The summed E-state index contributed by atoms with van der Waals surface area (Å²) in [4.78, 5) is 19.1. The number of carbonyl (C=O) groups is 2. The van der Waals surface area contributed by atoms with Crippen molar-refractivity contribution in [2.45, 2.75) is 18.9 Å². The van der Waals surface area contributed by atoms with Crippen molar-refractivity contribution in [3.8, 4) is 0 Å². The van der Waals surface area contributed by atoms with E-state index in [1.54, 1.807) is 0 Å². The number of hydrogen-bond donors (Lipinski definition) is 3. The minimum Gasteiger partial charge on any atom is -0.478 e. The molecule has 6 heteroatoms. The van der Waals surface area contributed by atoms with Gasteiger partial charge in [0.2, 0.25) is 0 Å². The van der Waals surface area contributed by atoms with E-state index in [0.29, 0.717) is 12.2 Å². The van der Waals surface area contributed by atoms with E-state index >= 15 is 0 Å². The Bertz CT molecular complexity index is 726. The zero-order valence-corrected chi connectivity index (χ0v) is 15.3. The average Bonchev–Trinajstić information content (AvgIpc) is 2.54. The molecule has 0 aliphatic carbocycles. The van der Waals surface area contributed by atoms with E-state index in [-0.39, 0.29) is 5.54 Å². The highest BCUT2D eigenvalue weighted by molar-refractivity contribution is 9.10. The highest BCUT2D eigenvalue weighted by atomic mass is 79.9. The van der Waals surface area contributed by atoms with Crippen molar-refractivity contribution in [3.63, 3.8) is 0 Å². The molecule has 0 radical (unpaired) electrons. The number of aliphatic carboxylic acids is 2. The van der Waals surface area contributed by atoms with Gasteiger partial charge in [0.25, 0.3) is 0 Å². The van der Waals surface area contributed by atoms with Crippen LogP contribution in [0.2, 0.25) is 0 Å². The Morgan fingerprint density at radius 3 is 2.08 bits per heavy atom. The van der Waals surface area contributed by atoms with Gasteiger partial charge in [-0.05, 0) is 36.6 Å². The number of nitrogens with two attached hydrogens (primary N) is 1. The molecule has 0 aromatic heterocycles. The van der Waals surface area contributed by atoms with Gasteiger partial charge in [-0.1, -0.05) is 58.4 Å². The molecule has 2 aromatic rings. The normalized spacial score (nSPS) is 12.8. The fourth-order valence-corrected chi connectivity index (χ4v) is 2.58. The van der Waals surface area contributed by atoms with Gasteiger partial charge in [-0.15, -0.1) is 0 Å². The lowest BCUT2D eigenvalue weighted by Crippen LogP contribution is -2.35. The molecule has 1 unspecified atom stereocenters. The molecule has 0 heterocycles. The van der Waals surface area contributed by atoms with Gasteiger partial charge in [-0.3, -0.25) is 0 Å². The largest absolute Gasteiger partial charge is 0.478 e. The van der Waals surface area contributed by atoms with Crippen molar-refractivity contribution < 1.29 is 19.8 Å². The van der Waals surface area contributed by atoms with Crippen LogP contribution in [-0.4, -0.2) is 22.2 Å². The van der Waals surface area contributed by atoms with Crippen LogP contribution in [0.4, 0.5) is 0 Å². The molecule has 0 fully saturated rings. The maximum atomic E-state index is 9.55. The maximum absolute atomic E-state index is 9.55. The summed E-state index contributed by atoms with van der Waals surface area (Å²) < 4.78 is 1.10. The molecule has 0 spiro atoms. The summed E-state index contributed by atoms with van der Waals surface area (Å²) in [7, 11) is 0. The first-order valence-corrected chi connectivity index (χ1v) is 8.23. The van der Waals surface area contributed by atoms with E-state index in [2.05, 4.69) is 47.1 Å². The van der Waals surface area contributed by atoms with Gasteiger partial charge in [0.05, 0.1) is 0 Å². The predicted molar refractivity (Wildman–Crippen MR) is 100 cm³/mol. The van der Waals surface area contributed by atoms with Gasteiger partial charge in [0.15, 0.2) is 0 Å². The number of benzene rings is 2. The molecule has 132 valence electrons. The first-order chi connectivity index (χ1) is 11.7. The van der Waals surface area contributed by atoms with Crippen molar-refractivity contribution in [1.82, 2.24) is 0 Å². The summed E-state index contributed by atoms with van der Waals surface area (Å²) >= 11 is 3.49. The molecule has 0 aliphatic rings. The standard InChI is InChI=1S/C15H16BrN.C4H4O4/c1-15(17,13-7-3-2-4-8-13)11-12-6-5-9-14(16)10-12;5-3(6)1-2-4(7)8/h2-10H,11,17H2,1H3;1-2H,(H,5,6)(H,7,8). The molecule has 0 bridgehead atoms. The fraction of sp³-hybridized carbons (Fsp3) is 0.158. The van der Waals surface area contributed by atoms with E-state index in [0.717, 1.165) is 10.9 Å². The topological polar surface area (TPSA) is 101 Å². The van der Waals surface area contributed by atoms with E-state index in [1.807, 2.05) is 30.3 Å². The number of rotatable bonds is 5. The van der Waals surface area contributed by atoms with Crippen molar-refractivity contribution in [2.24, 2.45) is 5.73 Å². The van der Waals surface area contributed by atoms with Crippen LogP contribution in [0.15, 0.2) is 71.2 Å². The third-order valence-electron chi connectivity index (χ3n) is 3.26. The minimum absolute atomic E-state index is 0.331. The van der Waals surface area contributed by atoms with Gasteiger partial charge in [0.1, 0.15) is 0 Å². The second-order valence-corrected chi connectivity index (χ2v) is 6.52. The van der Waals surface area contributed by atoms with E-state index in [1.165, 1.54) is 11.1 Å². The predicted octanol–water partition coefficient (Wildman–Crippen LogP) is 3.58.